The predicted octanol–water partition coefficient (Wildman–Crippen LogP) is 1.58. The Kier molecular flexibility index (Phi) is 3.27. The smallest absolute Gasteiger partial charge is 0.265 e. The van der Waals surface area contributed by atoms with E-state index in [2.05, 4.69) is 14.8 Å². The second-order valence-corrected chi connectivity index (χ2v) is 5.79. The molecule has 96 valence electrons. The monoisotopic (exact) mass is 286 g/mol. The third kappa shape index (κ3) is 2.46. The summed E-state index contributed by atoms with van der Waals surface area (Å²) in [6.45, 7) is 1.74. The van der Waals surface area contributed by atoms with E-state index in [0.29, 0.717) is 5.56 Å². The largest absolute Gasteiger partial charge is 0.276 e. The summed E-state index contributed by atoms with van der Waals surface area (Å²) in [7, 11) is -2.06. The standard InChI is InChI=1S/C10H11ClN4O2S/c1-7-3-4-12-10(11)9(7)14-18(16,17)8-5-13-15(2)6-8/h3-6,14H,1-2H3. The van der Waals surface area contributed by atoms with Gasteiger partial charge in [0, 0.05) is 19.4 Å². The number of sulfonamides is 1. The summed E-state index contributed by atoms with van der Waals surface area (Å²) in [4.78, 5) is 3.91. The number of pyridine rings is 1. The Bertz CT molecular complexity index is 661. The third-order valence-electron chi connectivity index (χ3n) is 2.34. The van der Waals surface area contributed by atoms with Crippen LogP contribution in [0.15, 0.2) is 29.6 Å². The van der Waals surface area contributed by atoms with Crippen LogP contribution in [-0.2, 0) is 17.1 Å². The number of nitrogens with zero attached hydrogens (tertiary/aromatic N) is 3. The summed E-state index contributed by atoms with van der Waals surface area (Å²) in [5.41, 5.74) is 0.977. The lowest BCUT2D eigenvalue weighted by atomic mass is 10.3. The molecule has 0 atom stereocenters. The minimum absolute atomic E-state index is 0.0734. The van der Waals surface area contributed by atoms with Gasteiger partial charge in [0.05, 0.1) is 11.9 Å². The van der Waals surface area contributed by atoms with E-state index >= 15 is 0 Å². The fraction of sp³-hybridized carbons (Fsp3) is 0.200. The lowest BCUT2D eigenvalue weighted by Crippen LogP contribution is -2.14. The molecule has 0 saturated heterocycles. The maximum atomic E-state index is 12.1. The molecule has 0 amide bonds. The van der Waals surface area contributed by atoms with Crippen LogP contribution in [0.4, 0.5) is 5.69 Å². The predicted molar refractivity (Wildman–Crippen MR) is 68.0 cm³/mol. The molecule has 2 aromatic heterocycles. The van der Waals surface area contributed by atoms with Gasteiger partial charge < -0.3 is 0 Å². The molecule has 0 aliphatic carbocycles. The van der Waals surface area contributed by atoms with Crippen LogP contribution in [-0.4, -0.2) is 23.2 Å². The molecule has 2 aromatic rings. The first kappa shape index (κ1) is 12.8. The minimum atomic E-state index is -3.70. The maximum Gasteiger partial charge on any atom is 0.265 e. The average Bonchev–Trinajstić information content (AvgIpc) is 2.71. The third-order valence-corrected chi connectivity index (χ3v) is 3.93. The molecular formula is C10H11ClN4O2S. The Morgan fingerprint density at radius 2 is 2.17 bits per heavy atom. The van der Waals surface area contributed by atoms with Gasteiger partial charge in [0.15, 0.2) is 5.15 Å². The van der Waals surface area contributed by atoms with Crippen molar-refractivity contribution < 1.29 is 8.42 Å². The van der Waals surface area contributed by atoms with Crippen LogP contribution in [0.3, 0.4) is 0 Å². The van der Waals surface area contributed by atoms with Gasteiger partial charge in [0.2, 0.25) is 0 Å². The van der Waals surface area contributed by atoms with Crippen LogP contribution in [0, 0.1) is 6.92 Å². The number of hydrogen-bond donors (Lipinski definition) is 1. The molecule has 0 radical (unpaired) electrons. The topological polar surface area (TPSA) is 76.9 Å². The summed E-state index contributed by atoms with van der Waals surface area (Å²) >= 11 is 5.87. The van der Waals surface area contributed by atoms with Crippen molar-refractivity contribution in [3.8, 4) is 0 Å². The van der Waals surface area contributed by atoms with E-state index in [-0.39, 0.29) is 15.7 Å². The maximum absolute atomic E-state index is 12.1. The number of anilines is 1. The number of nitrogens with one attached hydrogen (secondary N) is 1. The zero-order valence-corrected chi connectivity index (χ0v) is 11.3. The number of halogens is 1. The lowest BCUT2D eigenvalue weighted by Gasteiger charge is -2.09. The second-order valence-electron chi connectivity index (χ2n) is 3.75. The van der Waals surface area contributed by atoms with Crippen LogP contribution in [0.1, 0.15) is 5.56 Å². The summed E-state index contributed by atoms with van der Waals surface area (Å²) in [6, 6.07) is 1.67. The van der Waals surface area contributed by atoms with Crippen molar-refractivity contribution in [1.29, 1.82) is 0 Å². The average molecular weight is 287 g/mol. The highest BCUT2D eigenvalue weighted by Crippen LogP contribution is 2.25. The highest BCUT2D eigenvalue weighted by molar-refractivity contribution is 7.92. The highest BCUT2D eigenvalue weighted by Gasteiger charge is 2.19. The fourth-order valence-electron chi connectivity index (χ4n) is 1.38. The molecule has 2 rings (SSSR count). The summed E-state index contributed by atoms with van der Waals surface area (Å²) in [5.74, 6) is 0. The first-order valence-electron chi connectivity index (χ1n) is 5.03. The number of rotatable bonds is 3. The normalized spacial score (nSPS) is 11.5. The molecule has 0 spiro atoms. The van der Waals surface area contributed by atoms with Crippen LogP contribution in [0.5, 0.6) is 0 Å². The van der Waals surface area contributed by atoms with Crippen LogP contribution in [0.2, 0.25) is 5.15 Å². The number of aryl methyl sites for hydroxylation is 2. The quantitative estimate of drug-likeness (QED) is 0.869. The van der Waals surface area contributed by atoms with E-state index in [1.165, 1.54) is 23.3 Å². The Morgan fingerprint density at radius 1 is 1.44 bits per heavy atom. The van der Waals surface area contributed by atoms with Crippen molar-refractivity contribution in [3.05, 3.63) is 35.4 Å². The van der Waals surface area contributed by atoms with Gasteiger partial charge in [-0.15, -0.1) is 0 Å². The molecule has 0 aromatic carbocycles. The van der Waals surface area contributed by atoms with Gasteiger partial charge in [0.1, 0.15) is 4.90 Å². The molecule has 0 bridgehead atoms. The van der Waals surface area contributed by atoms with E-state index in [0.717, 1.165) is 0 Å². The summed E-state index contributed by atoms with van der Waals surface area (Å²) in [5, 5.41) is 3.93. The summed E-state index contributed by atoms with van der Waals surface area (Å²) in [6.07, 6.45) is 4.18. The molecule has 0 unspecified atom stereocenters. The zero-order valence-electron chi connectivity index (χ0n) is 9.75. The van der Waals surface area contributed by atoms with Gasteiger partial charge in [-0.3, -0.25) is 9.40 Å². The van der Waals surface area contributed by atoms with Crippen molar-refractivity contribution in [1.82, 2.24) is 14.8 Å². The molecule has 0 saturated carbocycles. The van der Waals surface area contributed by atoms with Crippen molar-refractivity contribution in [3.63, 3.8) is 0 Å². The van der Waals surface area contributed by atoms with Gasteiger partial charge in [-0.25, -0.2) is 13.4 Å². The first-order chi connectivity index (χ1) is 8.40. The molecule has 6 nitrogen and oxygen atoms in total. The van der Waals surface area contributed by atoms with E-state index in [1.54, 1.807) is 20.0 Å². The van der Waals surface area contributed by atoms with Crippen LogP contribution < -0.4 is 4.72 Å². The number of hydrogen-bond acceptors (Lipinski definition) is 4. The fourth-order valence-corrected chi connectivity index (χ4v) is 2.81. The van der Waals surface area contributed by atoms with E-state index < -0.39 is 10.0 Å². The van der Waals surface area contributed by atoms with Gasteiger partial charge in [0.25, 0.3) is 10.0 Å². The van der Waals surface area contributed by atoms with Gasteiger partial charge in [-0.2, -0.15) is 5.10 Å². The SMILES string of the molecule is Cc1ccnc(Cl)c1NS(=O)(=O)c1cnn(C)c1. The Balaban J connectivity index is 2.40. The van der Waals surface area contributed by atoms with Gasteiger partial charge in [-0.1, -0.05) is 11.6 Å². The molecule has 0 fully saturated rings. The zero-order chi connectivity index (χ0) is 13.3. The Hall–Kier alpha value is -1.60. The molecule has 8 heteroatoms. The molecular weight excluding hydrogens is 276 g/mol. The van der Waals surface area contributed by atoms with Crippen LogP contribution in [0.25, 0.3) is 0 Å². The van der Waals surface area contributed by atoms with Crippen molar-refractivity contribution in [2.45, 2.75) is 11.8 Å². The molecule has 18 heavy (non-hydrogen) atoms. The summed E-state index contributed by atoms with van der Waals surface area (Å²) < 4.78 is 28.0. The van der Waals surface area contributed by atoms with Crippen molar-refractivity contribution in [2.24, 2.45) is 7.05 Å². The van der Waals surface area contributed by atoms with Crippen molar-refractivity contribution in [2.75, 3.05) is 4.72 Å². The van der Waals surface area contributed by atoms with Crippen LogP contribution >= 0.6 is 11.6 Å². The molecule has 0 aliphatic rings. The first-order valence-corrected chi connectivity index (χ1v) is 6.89. The lowest BCUT2D eigenvalue weighted by molar-refractivity contribution is 0.601. The Morgan fingerprint density at radius 3 is 2.72 bits per heavy atom. The van der Waals surface area contributed by atoms with Crippen molar-refractivity contribution >= 4 is 27.3 Å². The van der Waals surface area contributed by atoms with Gasteiger partial charge in [-0.05, 0) is 18.6 Å². The molecule has 0 aliphatic heterocycles. The van der Waals surface area contributed by atoms with E-state index in [9.17, 15) is 8.42 Å². The van der Waals surface area contributed by atoms with E-state index in [4.69, 9.17) is 11.6 Å². The Labute approximate surface area is 110 Å². The van der Waals surface area contributed by atoms with Gasteiger partial charge >= 0.3 is 0 Å². The van der Waals surface area contributed by atoms with E-state index in [1.807, 2.05) is 0 Å². The molecule has 2 heterocycles. The minimum Gasteiger partial charge on any atom is -0.276 e. The second kappa shape index (κ2) is 4.58. The number of aromatic nitrogens is 3. The highest BCUT2D eigenvalue weighted by atomic mass is 35.5. The molecule has 1 N–H and O–H groups in total.